The molecule has 1 heterocycles. The van der Waals surface area contributed by atoms with Gasteiger partial charge in [-0.25, -0.2) is 4.79 Å². The third kappa shape index (κ3) is 3.45. The molecule has 1 aromatic rings. The Bertz CT molecular complexity index is 518. The Morgan fingerprint density at radius 3 is 2.70 bits per heavy atom. The van der Waals surface area contributed by atoms with Gasteiger partial charge in [-0.2, -0.15) is 0 Å². The number of hydrogen-bond acceptors (Lipinski definition) is 5. The summed E-state index contributed by atoms with van der Waals surface area (Å²) >= 11 is 0. The number of benzene rings is 1. The van der Waals surface area contributed by atoms with Gasteiger partial charge in [-0.3, -0.25) is 4.79 Å². The molecule has 1 aliphatic heterocycles. The highest BCUT2D eigenvalue weighted by Crippen LogP contribution is 2.18. The molecule has 20 heavy (non-hydrogen) atoms. The fourth-order valence-electron chi connectivity index (χ4n) is 1.83. The molecule has 5 heteroatoms. The monoisotopic (exact) mass is 276 g/mol. The first-order chi connectivity index (χ1) is 9.72. The van der Waals surface area contributed by atoms with Crippen molar-refractivity contribution < 1.29 is 23.8 Å². The molecular weight excluding hydrogens is 260 g/mol. The molecule has 5 nitrogen and oxygen atoms in total. The van der Waals surface area contributed by atoms with Crippen molar-refractivity contribution in [2.45, 2.75) is 13.5 Å². The molecule has 0 N–H and O–H groups in total. The molecule has 0 fully saturated rings. The Balaban J connectivity index is 1.96. The first kappa shape index (κ1) is 14.3. The molecule has 0 aromatic heterocycles. The molecule has 0 radical (unpaired) electrons. The van der Waals surface area contributed by atoms with Crippen LogP contribution in [0.2, 0.25) is 0 Å². The highest BCUT2D eigenvalue weighted by molar-refractivity contribution is 6.19. The highest BCUT2D eigenvalue weighted by Gasteiger charge is 2.31. The van der Waals surface area contributed by atoms with Gasteiger partial charge in [0.05, 0.1) is 13.2 Å². The number of ketones is 1. The lowest BCUT2D eigenvalue weighted by atomic mass is 10.2. The molecule has 106 valence electrons. The van der Waals surface area contributed by atoms with E-state index in [0.717, 1.165) is 5.56 Å². The van der Waals surface area contributed by atoms with Crippen LogP contribution in [0, 0.1) is 0 Å². The molecule has 0 amide bonds. The van der Waals surface area contributed by atoms with Gasteiger partial charge in [-0.05, 0) is 12.5 Å². The second-order valence-corrected chi connectivity index (χ2v) is 4.21. The first-order valence-corrected chi connectivity index (χ1v) is 6.40. The largest absolute Gasteiger partial charge is 0.486 e. The number of hydrogen-bond donors (Lipinski definition) is 0. The minimum atomic E-state index is -0.645. The molecule has 2 rings (SSSR count). The van der Waals surface area contributed by atoms with Crippen molar-refractivity contribution >= 4 is 11.8 Å². The van der Waals surface area contributed by atoms with E-state index < -0.39 is 5.97 Å². The third-order valence-electron chi connectivity index (χ3n) is 2.76. The van der Waals surface area contributed by atoms with Crippen LogP contribution in [0.3, 0.4) is 0 Å². The lowest BCUT2D eigenvalue weighted by molar-refractivity contribution is -0.139. The van der Waals surface area contributed by atoms with Gasteiger partial charge in [0.25, 0.3) is 0 Å². The number of esters is 1. The van der Waals surface area contributed by atoms with Gasteiger partial charge in [-0.15, -0.1) is 0 Å². The Morgan fingerprint density at radius 2 is 2.00 bits per heavy atom. The van der Waals surface area contributed by atoms with Crippen molar-refractivity contribution in [2.75, 3.05) is 19.8 Å². The highest BCUT2D eigenvalue weighted by atomic mass is 16.5. The molecule has 0 saturated carbocycles. The zero-order valence-corrected chi connectivity index (χ0v) is 11.3. The predicted molar refractivity (Wildman–Crippen MR) is 70.7 cm³/mol. The lowest BCUT2D eigenvalue weighted by Crippen LogP contribution is -2.15. The third-order valence-corrected chi connectivity index (χ3v) is 2.76. The maximum absolute atomic E-state index is 11.7. The van der Waals surface area contributed by atoms with Crippen LogP contribution < -0.4 is 0 Å². The van der Waals surface area contributed by atoms with Crippen LogP contribution in [-0.4, -0.2) is 31.6 Å². The quantitative estimate of drug-likeness (QED) is 0.583. The predicted octanol–water partition coefficient (Wildman–Crippen LogP) is 1.62. The van der Waals surface area contributed by atoms with Gasteiger partial charge in [-0.1, -0.05) is 30.3 Å². The molecule has 0 bridgehead atoms. The standard InChI is InChI=1S/C15H16O5/c1-2-19-15(17)14-12(16)9-20-13(14)10-18-8-11-6-4-3-5-7-11/h3-7H,2,8-10H2,1H3. The number of ether oxygens (including phenoxy) is 3. The number of rotatable bonds is 6. The molecule has 1 aromatic carbocycles. The SMILES string of the molecule is CCOC(=O)C1=C(COCc2ccccc2)OCC1=O. The van der Waals surface area contributed by atoms with Gasteiger partial charge in [0.2, 0.25) is 5.78 Å². The zero-order valence-electron chi connectivity index (χ0n) is 11.3. The van der Waals surface area contributed by atoms with Crippen LogP contribution in [-0.2, 0) is 30.4 Å². The maximum atomic E-state index is 11.7. The molecule has 0 atom stereocenters. The molecule has 0 spiro atoms. The van der Waals surface area contributed by atoms with Crippen LogP contribution in [0.25, 0.3) is 0 Å². The fraction of sp³-hybridized carbons (Fsp3) is 0.333. The van der Waals surface area contributed by atoms with E-state index in [4.69, 9.17) is 14.2 Å². The van der Waals surface area contributed by atoms with Crippen LogP contribution in [0.15, 0.2) is 41.7 Å². The summed E-state index contributed by atoms with van der Waals surface area (Å²) in [5.41, 5.74) is 0.981. The summed E-state index contributed by atoms with van der Waals surface area (Å²) in [6, 6.07) is 9.61. The molecule has 1 aliphatic rings. The van der Waals surface area contributed by atoms with Crippen molar-refractivity contribution in [3.63, 3.8) is 0 Å². The summed E-state index contributed by atoms with van der Waals surface area (Å²) in [5.74, 6) is -0.751. The van der Waals surface area contributed by atoms with Crippen molar-refractivity contribution in [1.29, 1.82) is 0 Å². The fourth-order valence-corrected chi connectivity index (χ4v) is 1.83. The van der Waals surface area contributed by atoms with E-state index in [9.17, 15) is 9.59 Å². The Kier molecular flexibility index (Phi) is 4.90. The van der Waals surface area contributed by atoms with Gasteiger partial charge in [0.1, 0.15) is 17.9 Å². The van der Waals surface area contributed by atoms with E-state index in [-0.39, 0.29) is 36.9 Å². The van der Waals surface area contributed by atoms with E-state index in [2.05, 4.69) is 0 Å². The number of carbonyl (C=O) groups is 2. The smallest absolute Gasteiger partial charge is 0.345 e. The lowest BCUT2D eigenvalue weighted by Gasteiger charge is -2.07. The second kappa shape index (κ2) is 6.86. The van der Waals surface area contributed by atoms with Crippen LogP contribution in [0.1, 0.15) is 12.5 Å². The van der Waals surface area contributed by atoms with E-state index >= 15 is 0 Å². The minimum absolute atomic E-state index is 0.0279. The van der Waals surface area contributed by atoms with Crippen LogP contribution >= 0.6 is 0 Å². The van der Waals surface area contributed by atoms with Crippen LogP contribution in [0.4, 0.5) is 0 Å². The Hall–Kier alpha value is -2.14. The number of Topliss-reactive ketones (excluding diaryl/α,β-unsaturated/α-hetero) is 1. The Labute approximate surface area is 117 Å². The summed E-state index contributed by atoms with van der Waals surface area (Å²) < 4.78 is 15.5. The topological polar surface area (TPSA) is 61.8 Å². The summed E-state index contributed by atoms with van der Waals surface area (Å²) in [7, 11) is 0. The van der Waals surface area contributed by atoms with Crippen molar-refractivity contribution in [3.05, 3.63) is 47.2 Å². The minimum Gasteiger partial charge on any atom is -0.486 e. The normalized spacial score (nSPS) is 14.3. The van der Waals surface area contributed by atoms with Gasteiger partial charge in [0, 0.05) is 0 Å². The summed E-state index contributed by atoms with van der Waals surface area (Å²) in [6.07, 6.45) is 0. The van der Waals surface area contributed by atoms with Crippen molar-refractivity contribution in [2.24, 2.45) is 0 Å². The van der Waals surface area contributed by atoms with E-state index in [1.165, 1.54) is 0 Å². The molecule has 0 saturated heterocycles. The maximum Gasteiger partial charge on any atom is 0.345 e. The van der Waals surface area contributed by atoms with E-state index in [0.29, 0.717) is 6.61 Å². The molecular formula is C15H16O5. The molecule has 0 aliphatic carbocycles. The average molecular weight is 276 g/mol. The number of carbonyl (C=O) groups excluding carboxylic acids is 2. The molecule has 0 unspecified atom stereocenters. The summed E-state index contributed by atoms with van der Waals surface area (Å²) in [5, 5.41) is 0. The second-order valence-electron chi connectivity index (χ2n) is 4.21. The van der Waals surface area contributed by atoms with E-state index in [1.807, 2.05) is 30.3 Å². The van der Waals surface area contributed by atoms with Gasteiger partial charge in [0.15, 0.2) is 6.61 Å². The summed E-state index contributed by atoms with van der Waals surface area (Å²) in [4.78, 5) is 23.3. The van der Waals surface area contributed by atoms with Crippen LogP contribution in [0.5, 0.6) is 0 Å². The Morgan fingerprint density at radius 1 is 1.25 bits per heavy atom. The average Bonchev–Trinajstić information content (AvgIpc) is 2.81. The van der Waals surface area contributed by atoms with Gasteiger partial charge >= 0.3 is 5.97 Å². The van der Waals surface area contributed by atoms with Gasteiger partial charge < -0.3 is 14.2 Å². The van der Waals surface area contributed by atoms with Crippen molar-refractivity contribution in [3.8, 4) is 0 Å². The van der Waals surface area contributed by atoms with Crippen molar-refractivity contribution in [1.82, 2.24) is 0 Å². The zero-order chi connectivity index (χ0) is 14.4. The first-order valence-electron chi connectivity index (χ1n) is 6.40. The summed E-state index contributed by atoms with van der Waals surface area (Å²) in [6.45, 7) is 2.24. The van der Waals surface area contributed by atoms with E-state index in [1.54, 1.807) is 6.92 Å².